The van der Waals surface area contributed by atoms with Crippen molar-refractivity contribution < 1.29 is 59.1 Å². The molecule has 5 aliphatic heterocycles. The molecule has 8 bridgehead atoms. The average molecular weight is 797 g/mol. The summed E-state index contributed by atoms with van der Waals surface area (Å²) in [5, 5.41) is 60.7. The Balaban J connectivity index is 0.000000431. The largest absolute Gasteiger partial charge is 0.665 e. The van der Waals surface area contributed by atoms with Gasteiger partial charge in [0.25, 0.3) is 0 Å². The van der Waals surface area contributed by atoms with E-state index >= 15 is 0 Å². The summed E-state index contributed by atoms with van der Waals surface area (Å²) >= 11 is 0. The molecular weight excluding hydrogens is 738 g/mol. The molecule has 17 heteroatoms. The van der Waals surface area contributed by atoms with Crippen molar-refractivity contribution in [2.45, 2.75) is 146 Å². The fraction of sp³-hybridized carbons (Fsp3) is 0.861. The van der Waals surface area contributed by atoms with Gasteiger partial charge < -0.3 is 46.0 Å². The summed E-state index contributed by atoms with van der Waals surface area (Å²) < 4.78 is 0. The molecule has 0 aromatic heterocycles. The van der Waals surface area contributed by atoms with E-state index in [1.54, 1.807) is 0 Å². The molecule has 0 aromatic carbocycles. The maximum Gasteiger partial charge on any atom is 0.0628 e. The molecular formula is C36H59N8O8Zn-5. The minimum atomic E-state index is 0. The molecule has 5 heterocycles. The van der Waals surface area contributed by atoms with Crippen LogP contribution in [0.2, 0.25) is 0 Å². The Morgan fingerprint density at radius 1 is 0.358 bits per heavy atom. The van der Waals surface area contributed by atoms with E-state index in [2.05, 4.69) is 49.0 Å². The first-order valence-corrected chi connectivity index (χ1v) is 19.4. The van der Waals surface area contributed by atoms with Gasteiger partial charge >= 0.3 is 0 Å². The summed E-state index contributed by atoms with van der Waals surface area (Å²) in [6.07, 6.45) is 26.4. The zero-order valence-electron chi connectivity index (χ0n) is 30.6. The van der Waals surface area contributed by atoms with Crippen molar-refractivity contribution in [2.75, 3.05) is 0 Å². The predicted molar refractivity (Wildman–Crippen MR) is 190 cm³/mol. The second-order valence-corrected chi connectivity index (χ2v) is 15.8. The Bertz CT molecular complexity index is 903. The van der Waals surface area contributed by atoms with Gasteiger partial charge in [-0.15, -0.1) is 5.92 Å². The van der Waals surface area contributed by atoms with E-state index in [0.717, 1.165) is 35.5 Å². The van der Waals surface area contributed by atoms with Crippen LogP contribution in [0.3, 0.4) is 0 Å². The van der Waals surface area contributed by atoms with Crippen molar-refractivity contribution in [1.29, 1.82) is 0 Å². The van der Waals surface area contributed by atoms with Gasteiger partial charge in [-0.25, -0.2) is 0 Å². The Morgan fingerprint density at radius 2 is 0.566 bits per heavy atom. The molecule has 0 aromatic rings. The molecule has 4 aliphatic carbocycles. The van der Waals surface area contributed by atoms with Crippen molar-refractivity contribution >= 4 is 25.9 Å². The minimum Gasteiger partial charge on any atom is -0.665 e. The zero-order valence-corrected chi connectivity index (χ0v) is 33.5. The van der Waals surface area contributed by atoms with Gasteiger partial charge in [0, 0.05) is 25.6 Å². The number of rotatable bonds is 0. The molecule has 0 radical (unpaired) electrons. The third kappa shape index (κ3) is 10.3. The molecule has 0 spiro atoms. The maximum atomic E-state index is 8.24. The summed E-state index contributed by atoms with van der Waals surface area (Å²) in [6.45, 7) is 2.00. The number of hydrogen-bond donors (Lipinski definition) is 12. The van der Waals surface area contributed by atoms with Crippen molar-refractivity contribution in [1.82, 2.24) is 42.5 Å². The summed E-state index contributed by atoms with van der Waals surface area (Å²) in [7, 11) is 0. The van der Waals surface area contributed by atoms with E-state index in [1.807, 2.05) is 0 Å². The van der Waals surface area contributed by atoms with E-state index in [-0.39, 0.29) is 19.5 Å². The Hall–Kier alpha value is -1.82. The molecule has 9 fully saturated rings. The third-order valence-corrected chi connectivity index (χ3v) is 13.6. The molecule has 16 atom stereocenters. The molecule has 4 saturated carbocycles. The van der Waals surface area contributed by atoms with Crippen LogP contribution in [0.1, 0.15) is 96.3 Å². The van der Waals surface area contributed by atoms with Crippen LogP contribution in [0, 0.1) is 53.8 Å². The third-order valence-electron chi connectivity index (χ3n) is 13.6. The first kappa shape index (κ1) is 43.9. The Kier molecular flexibility index (Phi) is 18.3. The van der Waals surface area contributed by atoms with Crippen LogP contribution in [0.25, 0.3) is 0 Å². The first-order chi connectivity index (χ1) is 25.5. The van der Waals surface area contributed by atoms with Gasteiger partial charge in [0.05, 0.1) is 43.2 Å². The van der Waals surface area contributed by atoms with Gasteiger partial charge in [-0.05, 0) is 80.0 Å². The molecule has 5 saturated heterocycles. The molecule has 53 heavy (non-hydrogen) atoms. The van der Waals surface area contributed by atoms with Gasteiger partial charge in [-0.1, -0.05) is 77.3 Å². The van der Waals surface area contributed by atoms with Crippen LogP contribution in [0.5, 0.6) is 0 Å². The molecule has 298 valence electrons. The molecule has 0 amide bonds. The standard InChI is InChI=1S/C32H55N8.4CHO2.Zn/c1-2-10-18-17(9-1)25-33-26(18)38-28-21-13-5-6-14-22(21)30(35-28)40-32-24-16-8-7-15-23(24)31(36-32)39-29-20-12-4-3-11-19(20)27(34-29)37-25;4*2-1-3;/h9,17-40H,1-8,10-16H2;4*(H,2,3);/q5*-1;. The van der Waals surface area contributed by atoms with Crippen molar-refractivity contribution in [3.8, 4) is 0 Å². The number of hydrogen-bond acceptors (Lipinski definition) is 12. The quantitative estimate of drug-likeness (QED) is 0.120. The van der Waals surface area contributed by atoms with Crippen molar-refractivity contribution in [3.05, 3.63) is 6.42 Å². The predicted octanol–water partition coefficient (Wildman–Crippen LogP) is 0.864. The fourth-order valence-electron chi connectivity index (χ4n) is 11.7. The average Bonchev–Trinajstić information content (AvgIpc) is 3.89. The zero-order chi connectivity index (χ0) is 37.0. The van der Waals surface area contributed by atoms with Crippen LogP contribution in [0.4, 0.5) is 0 Å². The van der Waals surface area contributed by atoms with E-state index < -0.39 is 0 Å². The van der Waals surface area contributed by atoms with Crippen molar-refractivity contribution in [3.63, 3.8) is 0 Å². The SMILES string of the molecule is O=[C-]O.O=[C-]O.O=[C-]O.O=[C-]O.[CH-]1CCCC2C3NC(NC4NC(NC5NC(NC6NC(N3)C3CCCCC63)C3CCCCC53)C3CCCCC43)C12.[Zn]. The van der Waals surface area contributed by atoms with E-state index in [1.165, 1.54) is 96.3 Å². The van der Waals surface area contributed by atoms with Gasteiger partial charge in [-0.2, -0.15) is 6.42 Å². The molecule has 9 rings (SSSR count). The van der Waals surface area contributed by atoms with E-state index in [4.69, 9.17) is 39.6 Å². The van der Waals surface area contributed by atoms with Crippen LogP contribution in [-0.2, 0) is 38.7 Å². The number of fused-ring (bicyclic) bond motifs is 20. The first-order valence-electron chi connectivity index (χ1n) is 19.4. The fourth-order valence-corrected chi connectivity index (χ4v) is 11.7. The minimum absolute atomic E-state index is 0. The molecule has 12 N–H and O–H groups in total. The van der Waals surface area contributed by atoms with Gasteiger partial charge in [0.1, 0.15) is 0 Å². The Labute approximate surface area is 326 Å². The smallest absolute Gasteiger partial charge is 0.0628 e. The van der Waals surface area contributed by atoms with Crippen LogP contribution < -0.4 is 42.5 Å². The molecule has 9 aliphatic rings. The van der Waals surface area contributed by atoms with Crippen LogP contribution in [0.15, 0.2) is 0 Å². The van der Waals surface area contributed by atoms with Crippen LogP contribution >= 0.6 is 0 Å². The van der Waals surface area contributed by atoms with Gasteiger partial charge in [0.15, 0.2) is 0 Å². The molecule has 16 unspecified atom stereocenters. The summed E-state index contributed by atoms with van der Waals surface area (Å²) in [4.78, 5) is 32.9. The number of nitrogens with one attached hydrogen (secondary N) is 8. The normalized spacial score (nSPS) is 44.4. The Morgan fingerprint density at radius 3 is 0.830 bits per heavy atom. The van der Waals surface area contributed by atoms with Gasteiger partial charge in [0.2, 0.25) is 0 Å². The summed E-state index contributed by atoms with van der Waals surface area (Å²) in [5.41, 5.74) is 0. The monoisotopic (exact) mass is 795 g/mol. The summed E-state index contributed by atoms with van der Waals surface area (Å²) in [6, 6.07) is 0. The van der Waals surface area contributed by atoms with E-state index in [0.29, 0.717) is 87.1 Å². The molecule has 16 nitrogen and oxygen atoms in total. The second-order valence-electron chi connectivity index (χ2n) is 15.8. The van der Waals surface area contributed by atoms with Crippen molar-refractivity contribution in [2.24, 2.45) is 47.3 Å². The number of aliphatic hydroxyl groups excluding tert-OH is 4. The van der Waals surface area contributed by atoms with E-state index in [9.17, 15) is 0 Å². The summed E-state index contributed by atoms with van der Waals surface area (Å²) in [5.74, 6) is 5.74. The maximum absolute atomic E-state index is 8.24. The van der Waals surface area contributed by atoms with Gasteiger partial charge in [-0.3, -0.25) is 42.5 Å². The second kappa shape index (κ2) is 22.1. The topological polar surface area (TPSA) is 245 Å². The van der Waals surface area contributed by atoms with Crippen LogP contribution in [-0.4, -0.2) is 95.6 Å².